The van der Waals surface area contributed by atoms with Crippen LogP contribution in [0.15, 0.2) is 23.3 Å². The third-order valence-corrected chi connectivity index (χ3v) is 3.41. The minimum absolute atomic E-state index is 0.436. The molecule has 2 atom stereocenters. The maximum atomic E-state index is 11.6. The number of alkyl halides is 2. The molecule has 0 aromatic rings. The summed E-state index contributed by atoms with van der Waals surface area (Å²) in [6, 6.07) is 0. The van der Waals surface area contributed by atoms with Crippen LogP contribution in [0.2, 0.25) is 0 Å². The smallest absolute Gasteiger partial charge is 0.190 e. The van der Waals surface area contributed by atoms with Crippen LogP contribution in [-0.2, 0) is 19.2 Å². The summed E-state index contributed by atoms with van der Waals surface area (Å²) in [5, 5.41) is -2.59. The molecule has 0 radical (unpaired) electrons. The predicted octanol–water partition coefficient (Wildman–Crippen LogP) is 0.358. The third kappa shape index (κ3) is 1.37. The van der Waals surface area contributed by atoms with Crippen LogP contribution in [0.1, 0.15) is 0 Å². The van der Waals surface area contributed by atoms with E-state index in [0.717, 1.165) is 12.2 Å². The van der Waals surface area contributed by atoms with E-state index in [1.807, 2.05) is 0 Å². The molecule has 82 valence electrons. The fourth-order valence-electron chi connectivity index (χ4n) is 1.60. The van der Waals surface area contributed by atoms with Gasteiger partial charge in [-0.05, 0) is 12.2 Å². The van der Waals surface area contributed by atoms with E-state index >= 15 is 0 Å². The van der Waals surface area contributed by atoms with Crippen LogP contribution in [0.4, 0.5) is 0 Å². The highest BCUT2D eigenvalue weighted by Crippen LogP contribution is 2.30. The van der Waals surface area contributed by atoms with Gasteiger partial charge in [-0.3, -0.25) is 19.2 Å². The number of hydrogen-bond acceptors (Lipinski definition) is 4. The number of ketones is 4. The summed E-state index contributed by atoms with van der Waals surface area (Å²) >= 11 is 11.2. The van der Waals surface area contributed by atoms with Gasteiger partial charge in [0.1, 0.15) is 10.8 Å². The largest absolute Gasteiger partial charge is 0.292 e. The first-order valence-electron chi connectivity index (χ1n) is 4.32. The Morgan fingerprint density at radius 1 is 0.750 bits per heavy atom. The highest BCUT2D eigenvalue weighted by molar-refractivity contribution is 6.56. The Morgan fingerprint density at radius 3 is 1.38 bits per heavy atom. The van der Waals surface area contributed by atoms with Crippen LogP contribution in [0.5, 0.6) is 0 Å². The van der Waals surface area contributed by atoms with Crippen molar-refractivity contribution in [3.8, 4) is 0 Å². The molecule has 0 bridgehead atoms. The maximum absolute atomic E-state index is 11.6. The molecule has 0 aromatic heterocycles. The quantitative estimate of drug-likeness (QED) is 0.358. The van der Waals surface area contributed by atoms with Gasteiger partial charge in [0, 0.05) is 0 Å². The zero-order chi connectivity index (χ0) is 12.0. The molecule has 0 aliphatic heterocycles. The Kier molecular flexibility index (Phi) is 2.56. The number of halogens is 2. The van der Waals surface area contributed by atoms with Gasteiger partial charge in [0.15, 0.2) is 23.1 Å². The molecule has 0 heterocycles. The van der Waals surface area contributed by atoms with Crippen LogP contribution < -0.4 is 0 Å². The van der Waals surface area contributed by atoms with Gasteiger partial charge in [-0.2, -0.15) is 0 Å². The van der Waals surface area contributed by atoms with E-state index in [-0.39, 0.29) is 0 Å². The van der Waals surface area contributed by atoms with Crippen molar-refractivity contribution in [2.45, 2.75) is 10.8 Å². The summed E-state index contributed by atoms with van der Waals surface area (Å²) in [6.45, 7) is 0. The highest BCUT2D eigenvalue weighted by Gasteiger charge is 2.46. The van der Waals surface area contributed by atoms with Crippen molar-refractivity contribution in [2.24, 2.45) is 0 Å². The number of rotatable bonds is 0. The SMILES string of the molecule is O=C1C=CC(=O)C2=C1C(=O)C(Cl)C(Cl)C2=O. The predicted molar refractivity (Wildman–Crippen MR) is 55.5 cm³/mol. The molecule has 0 amide bonds. The Bertz CT molecular complexity index is 457. The maximum Gasteiger partial charge on any atom is 0.190 e. The van der Waals surface area contributed by atoms with Crippen molar-refractivity contribution in [3.63, 3.8) is 0 Å². The first kappa shape index (κ1) is 11.2. The molecule has 2 rings (SSSR count). The van der Waals surface area contributed by atoms with Gasteiger partial charge in [-0.25, -0.2) is 0 Å². The molecule has 6 heteroatoms. The molecule has 4 nitrogen and oxygen atoms in total. The van der Waals surface area contributed by atoms with Gasteiger partial charge in [0.2, 0.25) is 0 Å². The lowest BCUT2D eigenvalue weighted by Gasteiger charge is -2.24. The van der Waals surface area contributed by atoms with E-state index < -0.39 is 45.0 Å². The van der Waals surface area contributed by atoms with Crippen molar-refractivity contribution in [1.29, 1.82) is 0 Å². The summed E-state index contributed by atoms with van der Waals surface area (Å²) in [6.07, 6.45) is 1.90. The second-order valence-corrected chi connectivity index (χ2v) is 4.28. The monoisotopic (exact) mass is 258 g/mol. The Morgan fingerprint density at radius 2 is 1.06 bits per heavy atom. The van der Waals surface area contributed by atoms with Crippen LogP contribution in [0, 0.1) is 0 Å². The van der Waals surface area contributed by atoms with Crippen molar-refractivity contribution in [3.05, 3.63) is 23.3 Å². The van der Waals surface area contributed by atoms with Gasteiger partial charge in [0.05, 0.1) is 11.1 Å². The van der Waals surface area contributed by atoms with Gasteiger partial charge in [-0.1, -0.05) is 0 Å². The molecule has 2 unspecified atom stereocenters. The average Bonchev–Trinajstić information content (AvgIpc) is 2.26. The van der Waals surface area contributed by atoms with Crippen LogP contribution in [0.25, 0.3) is 0 Å². The van der Waals surface area contributed by atoms with E-state index in [1.54, 1.807) is 0 Å². The zero-order valence-corrected chi connectivity index (χ0v) is 9.21. The van der Waals surface area contributed by atoms with Crippen LogP contribution in [0.3, 0.4) is 0 Å². The van der Waals surface area contributed by atoms with E-state index in [1.165, 1.54) is 0 Å². The minimum Gasteiger partial charge on any atom is -0.292 e. The summed E-state index contributed by atoms with van der Waals surface area (Å²) in [4.78, 5) is 46.1. The first-order valence-corrected chi connectivity index (χ1v) is 5.20. The third-order valence-electron chi connectivity index (χ3n) is 2.38. The van der Waals surface area contributed by atoms with Crippen molar-refractivity contribution in [2.75, 3.05) is 0 Å². The molecule has 0 aromatic carbocycles. The normalized spacial score (nSPS) is 29.9. The fourth-order valence-corrected chi connectivity index (χ4v) is 2.04. The van der Waals surface area contributed by atoms with Gasteiger partial charge >= 0.3 is 0 Å². The van der Waals surface area contributed by atoms with E-state index in [0.29, 0.717) is 0 Å². The zero-order valence-electron chi connectivity index (χ0n) is 7.70. The topological polar surface area (TPSA) is 68.3 Å². The van der Waals surface area contributed by atoms with Gasteiger partial charge in [0.25, 0.3) is 0 Å². The van der Waals surface area contributed by atoms with Crippen molar-refractivity contribution >= 4 is 46.3 Å². The van der Waals surface area contributed by atoms with Gasteiger partial charge in [-0.15, -0.1) is 23.2 Å². The lowest BCUT2D eigenvalue weighted by atomic mass is 9.82. The van der Waals surface area contributed by atoms with Crippen LogP contribution >= 0.6 is 23.2 Å². The average molecular weight is 259 g/mol. The van der Waals surface area contributed by atoms with Gasteiger partial charge < -0.3 is 0 Å². The molecule has 0 spiro atoms. The summed E-state index contributed by atoms with van der Waals surface area (Å²) < 4.78 is 0. The minimum atomic E-state index is -1.30. The Balaban J connectivity index is 2.67. The number of carbonyl (C=O) groups excluding carboxylic acids is 4. The molecule has 2 aliphatic carbocycles. The van der Waals surface area contributed by atoms with E-state index in [9.17, 15) is 19.2 Å². The van der Waals surface area contributed by atoms with Crippen molar-refractivity contribution in [1.82, 2.24) is 0 Å². The summed E-state index contributed by atoms with van der Waals surface area (Å²) in [7, 11) is 0. The van der Waals surface area contributed by atoms with Crippen molar-refractivity contribution < 1.29 is 19.2 Å². The number of hydrogen-bond donors (Lipinski definition) is 0. The summed E-state index contributed by atoms with van der Waals surface area (Å²) in [5.74, 6) is -2.89. The lowest BCUT2D eigenvalue weighted by molar-refractivity contribution is -0.127. The molecule has 2 aliphatic rings. The first-order chi connectivity index (χ1) is 7.45. The fraction of sp³-hybridized carbons (Fsp3) is 0.200. The van der Waals surface area contributed by atoms with E-state index in [4.69, 9.17) is 23.2 Å². The van der Waals surface area contributed by atoms with Crippen LogP contribution in [-0.4, -0.2) is 33.9 Å². The Hall–Kier alpha value is -1.26. The lowest BCUT2D eigenvalue weighted by Crippen LogP contribution is -2.44. The second kappa shape index (κ2) is 3.64. The molecule has 0 fully saturated rings. The number of allylic oxidation sites excluding steroid dienone is 4. The molecular formula is C10H4Cl2O4. The highest BCUT2D eigenvalue weighted by atomic mass is 35.5. The molecule has 0 saturated carbocycles. The van der Waals surface area contributed by atoms with E-state index in [2.05, 4.69) is 0 Å². The molecular weight excluding hydrogens is 255 g/mol. The second-order valence-electron chi connectivity index (χ2n) is 3.34. The molecule has 0 saturated heterocycles. The molecule has 0 N–H and O–H groups in total. The summed E-state index contributed by atoms with van der Waals surface area (Å²) in [5.41, 5.74) is -0.871. The number of Topliss-reactive ketones (excluding diaryl/α,β-unsaturated/α-hetero) is 2. The Labute approximate surface area is 99.9 Å². The standard InChI is InChI=1S/C10H4Cl2O4/c11-7-8(12)10(16)6-4(14)2-1-3(13)5(6)9(7)15/h1-2,7-8H. The molecule has 16 heavy (non-hydrogen) atoms. The number of carbonyl (C=O) groups is 4.